The molecule has 29 heavy (non-hydrogen) atoms. The van der Waals surface area contributed by atoms with Gasteiger partial charge in [-0.05, 0) is 26.2 Å². The van der Waals surface area contributed by atoms with Crippen LogP contribution in [0.1, 0.15) is 43.6 Å². The summed E-state index contributed by atoms with van der Waals surface area (Å²) < 4.78 is 5.39. The van der Waals surface area contributed by atoms with Crippen LogP contribution in [-0.2, 0) is 4.79 Å². The topological polar surface area (TPSA) is 82.2 Å². The Labute approximate surface area is 179 Å². The number of halogens is 1. The fourth-order valence-corrected chi connectivity index (χ4v) is 4.67. The zero-order valence-corrected chi connectivity index (χ0v) is 17.7. The minimum Gasteiger partial charge on any atom is -0.359 e. The highest BCUT2D eigenvalue weighted by molar-refractivity contribution is 8.05. The molecule has 0 spiro atoms. The van der Waals surface area contributed by atoms with E-state index in [2.05, 4.69) is 15.4 Å². The number of carbonyl (C=O) groups is 1. The number of hydrogen-bond acceptors (Lipinski definition) is 5. The fourth-order valence-electron chi connectivity index (χ4n) is 3.47. The number of amidine groups is 1. The molecule has 2 atom stereocenters. The van der Waals surface area contributed by atoms with Gasteiger partial charge in [-0.1, -0.05) is 35.5 Å². The minimum atomic E-state index is -0.303. The number of rotatable bonds is 5. The highest BCUT2D eigenvalue weighted by Crippen LogP contribution is 2.35. The van der Waals surface area contributed by atoms with Crippen molar-refractivity contribution in [2.24, 2.45) is 0 Å². The third-order valence-corrected chi connectivity index (χ3v) is 6.65. The molecule has 4 rings (SSSR count). The van der Waals surface area contributed by atoms with Crippen molar-refractivity contribution in [3.05, 3.63) is 52.6 Å². The molecule has 1 fully saturated rings. The maximum absolute atomic E-state index is 12.3. The molecule has 0 saturated carbocycles. The first kappa shape index (κ1) is 20.0. The second-order valence-corrected chi connectivity index (χ2v) is 9.29. The number of carbonyl (C=O) groups excluding carboxylic acids is 1. The number of alkyl halides is 1. The standard InChI is InChI=1S/C21H23ClN4O2S/c1-13(24-21(27)18-8-9-19(22)29-18)17-12-16(25-28-17)14-4-6-15(7-5-14)20(23)26-10-2-3-11-26/h4-8,12-13,19,23H,2-3,9-11H2,1H3,(H,24,27)/t13-,19?/m0/s1. The molecule has 152 valence electrons. The Bertz CT molecular complexity index is 934. The van der Waals surface area contributed by atoms with Gasteiger partial charge in [-0.15, -0.1) is 23.4 Å². The number of nitrogens with one attached hydrogen (secondary N) is 2. The van der Waals surface area contributed by atoms with E-state index in [4.69, 9.17) is 21.5 Å². The van der Waals surface area contributed by atoms with Gasteiger partial charge in [0.25, 0.3) is 5.91 Å². The van der Waals surface area contributed by atoms with Gasteiger partial charge in [0, 0.05) is 30.3 Å². The minimum absolute atomic E-state index is 0.0714. The van der Waals surface area contributed by atoms with Gasteiger partial charge in [-0.2, -0.15) is 0 Å². The molecule has 3 heterocycles. The average Bonchev–Trinajstić information content (AvgIpc) is 3.48. The number of allylic oxidation sites excluding steroid dienone is 1. The van der Waals surface area contributed by atoms with Gasteiger partial charge in [0.1, 0.15) is 11.5 Å². The summed E-state index contributed by atoms with van der Waals surface area (Å²) in [5.41, 5.74) is 2.52. The Kier molecular flexibility index (Phi) is 5.96. The van der Waals surface area contributed by atoms with Crippen molar-refractivity contribution in [1.82, 2.24) is 15.4 Å². The Balaban J connectivity index is 1.40. The molecule has 0 aliphatic carbocycles. The van der Waals surface area contributed by atoms with Crippen molar-refractivity contribution < 1.29 is 9.32 Å². The van der Waals surface area contributed by atoms with Crippen molar-refractivity contribution in [2.45, 2.75) is 36.9 Å². The zero-order chi connectivity index (χ0) is 20.4. The van der Waals surface area contributed by atoms with Crippen LogP contribution < -0.4 is 5.32 Å². The molecule has 2 aliphatic heterocycles. The highest BCUT2D eigenvalue weighted by atomic mass is 35.5. The summed E-state index contributed by atoms with van der Waals surface area (Å²) in [6.07, 6.45) is 4.86. The van der Waals surface area contributed by atoms with E-state index in [1.807, 2.05) is 43.3 Å². The first-order valence-electron chi connectivity index (χ1n) is 9.74. The van der Waals surface area contributed by atoms with Crippen LogP contribution in [0.3, 0.4) is 0 Å². The highest BCUT2D eigenvalue weighted by Gasteiger charge is 2.23. The van der Waals surface area contributed by atoms with E-state index in [1.54, 1.807) is 0 Å². The molecule has 0 bridgehead atoms. The number of benzene rings is 1. The largest absolute Gasteiger partial charge is 0.359 e. The number of hydrogen-bond donors (Lipinski definition) is 2. The molecule has 2 aromatic rings. The van der Waals surface area contributed by atoms with E-state index in [1.165, 1.54) is 11.8 Å². The zero-order valence-electron chi connectivity index (χ0n) is 16.2. The molecule has 1 saturated heterocycles. The van der Waals surface area contributed by atoms with Gasteiger partial charge in [-0.3, -0.25) is 10.2 Å². The lowest BCUT2D eigenvalue weighted by Gasteiger charge is -2.18. The maximum atomic E-state index is 12.3. The second kappa shape index (κ2) is 8.63. The van der Waals surface area contributed by atoms with Gasteiger partial charge < -0.3 is 14.7 Å². The molecular formula is C21H23ClN4O2S. The van der Waals surface area contributed by atoms with Gasteiger partial charge in [0.15, 0.2) is 5.76 Å². The molecule has 1 amide bonds. The fraction of sp³-hybridized carbons (Fsp3) is 0.381. The van der Waals surface area contributed by atoms with E-state index in [-0.39, 0.29) is 16.7 Å². The number of thioether (sulfide) groups is 1. The summed E-state index contributed by atoms with van der Waals surface area (Å²) in [5.74, 6) is 1.02. The van der Waals surface area contributed by atoms with E-state index in [0.717, 1.165) is 37.1 Å². The molecular weight excluding hydrogens is 408 g/mol. The summed E-state index contributed by atoms with van der Waals surface area (Å²) in [6.45, 7) is 3.77. The van der Waals surface area contributed by atoms with Gasteiger partial charge in [0.05, 0.1) is 15.7 Å². The van der Waals surface area contributed by atoms with Crippen molar-refractivity contribution in [3.63, 3.8) is 0 Å². The third kappa shape index (κ3) is 4.51. The van der Waals surface area contributed by atoms with Gasteiger partial charge in [-0.25, -0.2) is 0 Å². The van der Waals surface area contributed by atoms with Crippen molar-refractivity contribution >= 4 is 35.1 Å². The summed E-state index contributed by atoms with van der Waals surface area (Å²) in [4.78, 5) is 15.1. The van der Waals surface area contributed by atoms with Crippen LogP contribution >= 0.6 is 23.4 Å². The monoisotopic (exact) mass is 430 g/mol. The Morgan fingerprint density at radius 2 is 2.07 bits per heavy atom. The Morgan fingerprint density at radius 1 is 1.34 bits per heavy atom. The van der Waals surface area contributed by atoms with Crippen LogP contribution in [0.4, 0.5) is 0 Å². The summed E-state index contributed by atoms with van der Waals surface area (Å²) >= 11 is 7.40. The van der Waals surface area contributed by atoms with Crippen LogP contribution in [-0.4, -0.2) is 39.6 Å². The lowest BCUT2D eigenvalue weighted by molar-refractivity contribution is -0.117. The SMILES string of the molecule is C[C@H](NC(=O)C1=CCC(Cl)S1)c1cc(-c2ccc(C(=N)N3CCCC3)cc2)no1. The van der Waals surface area contributed by atoms with Crippen molar-refractivity contribution in [2.75, 3.05) is 13.1 Å². The van der Waals surface area contributed by atoms with E-state index >= 15 is 0 Å². The normalized spacial score (nSPS) is 19.9. The van der Waals surface area contributed by atoms with Gasteiger partial charge in [0.2, 0.25) is 0 Å². The smallest absolute Gasteiger partial charge is 0.257 e. The second-order valence-electron chi connectivity index (χ2n) is 7.26. The van der Waals surface area contributed by atoms with Crippen molar-refractivity contribution in [1.29, 1.82) is 5.41 Å². The predicted molar refractivity (Wildman–Crippen MR) is 116 cm³/mol. The summed E-state index contributed by atoms with van der Waals surface area (Å²) in [6, 6.07) is 9.33. The quantitative estimate of drug-likeness (QED) is 0.414. The van der Waals surface area contributed by atoms with Crippen molar-refractivity contribution in [3.8, 4) is 11.3 Å². The first-order valence-corrected chi connectivity index (χ1v) is 11.1. The van der Waals surface area contributed by atoms with Crippen LogP contribution in [0.2, 0.25) is 0 Å². The van der Waals surface area contributed by atoms with Crippen LogP contribution in [0.15, 0.2) is 45.8 Å². The van der Waals surface area contributed by atoms with E-state index < -0.39 is 0 Å². The number of aromatic nitrogens is 1. The molecule has 1 unspecified atom stereocenters. The Morgan fingerprint density at radius 3 is 2.72 bits per heavy atom. The first-order chi connectivity index (χ1) is 14.0. The van der Waals surface area contributed by atoms with Crippen LogP contribution in [0.5, 0.6) is 0 Å². The van der Waals surface area contributed by atoms with Crippen LogP contribution in [0.25, 0.3) is 11.3 Å². The molecule has 8 heteroatoms. The van der Waals surface area contributed by atoms with E-state index in [0.29, 0.717) is 28.6 Å². The predicted octanol–water partition coefficient (Wildman–Crippen LogP) is 4.53. The van der Waals surface area contributed by atoms with E-state index in [9.17, 15) is 4.79 Å². The number of amides is 1. The molecule has 1 aromatic carbocycles. The Hall–Kier alpha value is -2.25. The molecule has 1 aromatic heterocycles. The number of likely N-dealkylation sites (tertiary alicyclic amines) is 1. The third-order valence-electron chi connectivity index (χ3n) is 5.15. The van der Waals surface area contributed by atoms with Gasteiger partial charge >= 0.3 is 0 Å². The summed E-state index contributed by atoms with van der Waals surface area (Å²) in [7, 11) is 0. The molecule has 0 radical (unpaired) electrons. The molecule has 6 nitrogen and oxygen atoms in total. The lowest BCUT2D eigenvalue weighted by Crippen LogP contribution is -2.27. The van der Waals surface area contributed by atoms with Crippen LogP contribution in [0, 0.1) is 5.41 Å². The maximum Gasteiger partial charge on any atom is 0.257 e. The summed E-state index contributed by atoms with van der Waals surface area (Å²) in [5, 5.41) is 15.4. The lowest BCUT2D eigenvalue weighted by atomic mass is 10.1. The number of nitrogens with zero attached hydrogens (tertiary/aromatic N) is 2. The average molecular weight is 431 g/mol. The molecule has 2 N–H and O–H groups in total. The molecule has 2 aliphatic rings.